The van der Waals surface area contributed by atoms with Crippen molar-refractivity contribution in [3.63, 3.8) is 0 Å². The second-order valence-corrected chi connectivity index (χ2v) is 9.94. The van der Waals surface area contributed by atoms with Crippen LogP contribution in [0.4, 0.5) is 23.1 Å². The van der Waals surface area contributed by atoms with Crippen molar-refractivity contribution in [1.29, 1.82) is 0 Å². The minimum atomic E-state index is -1.25. The Morgan fingerprint density at radius 2 is 1.76 bits per heavy atom. The maximum atomic E-state index is 13.3. The lowest BCUT2D eigenvalue weighted by molar-refractivity contribution is 0.278. The largest absolute Gasteiger partial charge is 0.340 e. The molecule has 34 heavy (non-hydrogen) atoms. The van der Waals surface area contributed by atoms with E-state index in [9.17, 15) is 4.21 Å². The van der Waals surface area contributed by atoms with Crippen LogP contribution in [-0.4, -0.2) is 50.7 Å². The third-order valence-corrected chi connectivity index (χ3v) is 7.61. The topological polar surface area (TPSA) is 108 Å². The molecule has 9 heteroatoms. The van der Waals surface area contributed by atoms with Crippen LogP contribution in [0.2, 0.25) is 0 Å². The molecular weight excluding hydrogens is 446 g/mol. The smallest absolute Gasteiger partial charge is 0.229 e. The van der Waals surface area contributed by atoms with Gasteiger partial charge in [-0.3, -0.25) is 0 Å². The molecule has 1 aromatic heterocycles. The molecule has 0 radical (unpaired) electrons. The molecule has 0 amide bonds. The number of nitrogens with zero attached hydrogens (tertiary/aromatic N) is 3. The average molecular weight is 480 g/mol. The lowest BCUT2D eigenvalue weighted by atomic mass is 10.1. The summed E-state index contributed by atoms with van der Waals surface area (Å²) in [4.78, 5) is 9.66. The summed E-state index contributed by atoms with van der Waals surface area (Å²) in [6, 6.07) is 15.9. The Kier molecular flexibility index (Phi) is 8.23. The van der Waals surface area contributed by atoms with Crippen molar-refractivity contribution in [2.45, 2.75) is 37.6 Å². The molecular formula is C25H33N7OS. The van der Waals surface area contributed by atoms with Crippen molar-refractivity contribution >= 4 is 34.1 Å². The van der Waals surface area contributed by atoms with Crippen molar-refractivity contribution in [3.05, 3.63) is 65.9 Å². The molecule has 4 rings (SSSR count). The molecule has 2 heterocycles. The number of nitrogens with two attached hydrogens (primary N) is 1. The molecule has 5 N–H and O–H groups in total. The van der Waals surface area contributed by atoms with Crippen molar-refractivity contribution in [1.82, 2.24) is 19.6 Å². The number of hydrogen-bond acceptors (Lipinski definition) is 7. The summed E-state index contributed by atoms with van der Waals surface area (Å²) in [6.45, 7) is 7.18. The van der Waals surface area contributed by atoms with Gasteiger partial charge in [0.15, 0.2) is 0 Å². The van der Waals surface area contributed by atoms with E-state index < -0.39 is 11.0 Å². The number of benzene rings is 2. The quantitative estimate of drug-likeness (QED) is 0.371. The zero-order valence-electron chi connectivity index (χ0n) is 19.8. The highest BCUT2D eigenvalue weighted by molar-refractivity contribution is 7.82. The summed E-state index contributed by atoms with van der Waals surface area (Å²) in [7, 11) is -1.25. The third kappa shape index (κ3) is 6.18. The minimum Gasteiger partial charge on any atom is -0.340 e. The number of nitrogens with one attached hydrogen (secondary N) is 3. The molecule has 1 aliphatic rings. The molecule has 2 aromatic carbocycles. The van der Waals surface area contributed by atoms with Gasteiger partial charge in [-0.25, -0.2) is 13.5 Å². The predicted octanol–water partition coefficient (Wildman–Crippen LogP) is 3.62. The zero-order valence-corrected chi connectivity index (χ0v) is 20.6. The lowest BCUT2D eigenvalue weighted by Gasteiger charge is -2.33. The Hall–Kier alpha value is -2.85. The number of rotatable bonds is 9. The van der Waals surface area contributed by atoms with E-state index in [1.54, 1.807) is 6.20 Å². The molecule has 1 saturated heterocycles. The average Bonchev–Trinajstić information content (AvgIpc) is 2.86. The lowest BCUT2D eigenvalue weighted by Crippen LogP contribution is -2.45. The van der Waals surface area contributed by atoms with Gasteiger partial charge in [-0.2, -0.15) is 4.98 Å². The molecule has 0 spiro atoms. The molecule has 0 aliphatic carbocycles. The van der Waals surface area contributed by atoms with Crippen molar-refractivity contribution in [2.75, 3.05) is 36.8 Å². The summed E-state index contributed by atoms with van der Waals surface area (Å²) in [5, 5.41) is 9.92. The fourth-order valence-corrected chi connectivity index (χ4v) is 5.39. The van der Waals surface area contributed by atoms with Gasteiger partial charge in [-0.1, -0.05) is 6.07 Å². The Bertz CT molecular complexity index is 1120. The molecule has 1 aliphatic heterocycles. The predicted molar refractivity (Wildman–Crippen MR) is 139 cm³/mol. The summed E-state index contributed by atoms with van der Waals surface area (Å²) in [5.74, 6) is 1.19. The summed E-state index contributed by atoms with van der Waals surface area (Å²) in [6.07, 6.45) is 3.68. The van der Waals surface area contributed by atoms with E-state index >= 15 is 0 Å². The van der Waals surface area contributed by atoms with Gasteiger partial charge < -0.3 is 21.7 Å². The van der Waals surface area contributed by atoms with E-state index in [1.807, 2.05) is 40.7 Å². The first-order chi connectivity index (χ1) is 16.5. The molecule has 0 saturated carbocycles. The molecule has 8 nitrogen and oxygen atoms in total. The van der Waals surface area contributed by atoms with Crippen molar-refractivity contribution in [2.24, 2.45) is 5.73 Å². The SMILES string of the molecule is Cc1ccc(Nc2ccnc(Nc3ccc(S(=O)N(CCN)C4CCNCC4)cc3)n2)cc1C. The van der Waals surface area contributed by atoms with E-state index in [1.165, 1.54) is 11.1 Å². The van der Waals surface area contributed by atoms with E-state index in [0.29, 0.717) is 24.9 Å². The summed E-state index contributed by atoms with van der Waals surface area (Å²) in [5.41, 5.74) is 10.1. The monoisotopic (exact) mass is 479 g/mol. The van der Waals surface area contributed by atoms with Crippen molar-refractivity contribution in [3.8, 4) is 0 Å². The highest BCUT2D eigenvalue weighted by Crippen LogP contribution is 2.23. The van der Waals surface area contributed by atoms with Crippen LogP contribution in [0.15, 0.2) is 59.6 Å². The maximum absolute atomic E-state index is 13.3. The van der Waals surface area contributed by atoms with Gasteiger partial charge in [0, 0.05) is 36.7 Å². The minimum absolute atomic E-state index is 0.282. The highest BCUT2D eigenvalue weighted by atomic mass is 32.2. The first kappa shape index (κ1) is 24.3. The van der Waals surface area contributed by atoms with E-state index in [0.717, 1.165) is 42.2 Å². The molecule has 1 atom stereocenters. The van der Waals surface area contributed by atoms with Crippen LogP contribution in [0, 0.1) is 13.8 Å². The van der Waals surface area contributed by atoms with Crippen LogP contribution < -0.4 is 21.7 Å². The van der Waals surface area contributed by atoms with Crippen LogP contribution >= 0.6 is 0 Å². The van der Waals surface area contributed by atoms with E-state index in [2.05, 4.69) is 51.9 Å². The Morgan fingerprint density at radius 3 is 2.47 bits per heavy atom. The molecule has 3 aromatic rings. The number of aryl methyl sites for hydroxylation is 2. The van der Waals surface area contributed by atoms with E-state index in [4.69, 9.17) is 5.73 Å². The first-order valence-electron chi connectivity index (χ1n) is 11.7. The Morgan fingerprint density at radius 1 is 1.03 bits per heavy atom. The normalized spacial score (nSPS) is 15.3. The Labute approximate surface area is 204 Å². The molecule has 1 unspecified atom stereocenters. The number of hydrogen-bond donors (Lipinski definition) is 4. The van der Waals surface area contributed by atoms with Gasteiger partial charge in [-0.05, 0) is 93.4 Å². The summed E-state index contributed by atoms with van der Waals surface area (Å²) < 4.78 is 15.3. The zero-order chi connectivity index (χ0) is 23.9. The third-order valence-electron chi connectivity index (χ3n) is 6.03. The highest BCUT2D eigenvalue weighted by Gasteiger charge is 2.25. The van der Waals surface area contributed by atoms with Gasteiger partial charge in [0.1, 0.15) is 16.8 Å². The van der Waals surface area contributed by atoms with Gasteiger partial charge in [0.05, 0.1) is 4.90 Å². The van der Waals surface area contributed by atoms with Crippen LogP contribution in [0.1, 0.15) is 24.0 Å². The molecule has 180 valence electrons. The van der Waals surface area contributed by atoms with Gasteiger partial charge in [0.25, 0.3) is 0 Å². The summed E-state index contributed by atoms with van der Waals surface area (Å²) >= 11 is 0. The van der Waals surface area contributed by atoms with Crippen LogP contribution in [-0.2, 0) is 11.0 Å². The fraction of sp³-hybridized carbons (Fsp3) is 0.360. The van der Waals surface area contributed by atoms with Crippen molar-refractivity contribution < 1.29 is 4.21 Å². The molecule has 0 bridgehead atoms. The fourth-order valence-electron chi connectivity index (χ4n) is 4.00. The Balaban J connectivity index is 1.42. The molecule has 1 fully saturated rings. The van der Waals surface area contributed by atoms with Crippen LogP contribution in [0.3, 0.4) is 0 Å². The van der Waals surface area contributed by atoms with E-state index in [-0.39, 0.29) is 6.04 Å². The first-order valence-corrected chi connectivity index (χ1v) is 12.8. The maximum Gasteiger partial charge on any atom is 0.229 e. The van der Waals surface area contributed by atoms with Gasteiger partial charge in [-0.15, -0.1) is 0 Å². The second-order valence-electron chi connectivity index (χ2n) is 8.50. The van der Waals surface area contributed by atoms with Crippen LogP contribution in [0.25, 0.3) is 0 Å². The number of piperidine rings is 1. The second kappa shape index (κ2) is 11.5. The number of anilines is 4. The van der Waals surface area contributed by atoms with Crippen LogP contribution in [0.5, 0.6) is 0 Å². The standard InChI is InChI=1S/C25H33N7OS/c1-18-3-4-21(17-19(18)2)29-24-11-15-28-25(31-24)30-20-5-7-23(8-6-20)34(33)32(16-12-26)22-9-13-27-14-10-22/h3-8,11,15,17,22,27H,9-10,12-14,16,26H2,1-2H3,(H2,28,29,30,31). The number of aromatic nitrogens is 2. The van der Waals surface area contributed by atoms with Gasteiger partial charge in [0.2, 0.25) is 5.95 Å². The van der Waals surface area contributed by atoms with Gasteiger partial charge >= 0.3 is 0 Å².